The number of halogens is 1. The number of carbonyl (C=O) groups is 4. The van der Waals surface area contributed by atoms with Crippen LogP contribution in [0.25, 0.3) is 10.9 Å². The van der Waals surface area contributed by atoms with Gasteiger partial charge in [-0.2, -0.15) is 0 Å². The Hall–Kier alpha value is -4.47. The summed E-state index contributed by atoms with van der Waals surface area (Å²) in [5.74, 6) is -1.91. The van der Waals surface area contributed by atoms with Crippen molar-refractivity contribution >= 4 is 44.7 Å². The summed E-state index contributed by atoms with van der Waals surface area (Å²) in [5, 5.41) is 6.16. The molecule has 7 rings (SSSR count). The molecule has 4 amide bonds. The van der Waals surface area contributed by atoms with Crippen LogP contribution in [0.5, 0.6) is 11.5 Å². The number of nitrogens with zero attached hydrogens (tertiary/aromatic N) is 2. The number of rotatable bonds is 6. The molecule has 58 heavy (non-hydrogen) atoms. The number of aryl methyl sites for hydroxylation is 1. The minimum Gasteiger partial charge on any atom is -0.497 e. The number of alkyl carbamates (subject to hydrolysis) is 1. The molecule has 2 saturated carbocycles. The zero-order valence-corrected chi connectivity index (χ0v) is 35.2. The Bertz CT molecular complexity index is 2150. The summed E-state index contributed by atoms with van der Waals surface area (Å²) in [4.78, 5) is 62.9. The van der Waals surface area contributed by atoms with Crippen LogP contribution >= 0.6 is 0 Å². The van der Waals surface area contributed by atoms with E-state index in [-0.39, 0.29) is 43.4 Å². The number of benzene rings is 1. The van der Waals surface area contributed by atoms with E-state index in [1.807, 2.05) is 32.9 Å². The van der Waals surface area contributed by atoms with Crippen LogP contribution in [-0.2, 0) is 29.1 Å². The lowest BCUT2D eigenvalue weighted by Gasteiger charge is -2.38. The predicted octanol–water partition coefficient (Wildman–Crippen LogP) is 5.61. The second kappa shape index (κ2) is 15.0. The molecule has 4 heterocycles. The molecule has 1 aromatic heterocycles. The minimum atomic E-state index is -4.04. The average molecular weight is 826 g/mol. The Morgan fingerprint density at radius 2 is 1.86 bits per heavy atom. The molecule has 7 unspecified atom stereocenters. The fourth-order valence-corrected chi connectivity index (χ4v) is 9.66. The predicted molar refractivity (Wildman–Crippen MR) is 213 cm³/mol. The van der Waals surface area contributed by atoms with E-state index in [4.69, 9.17) is 14.2 Å². The Labute approximate surface area is 339 Å². The summed E-state index contributed by atoms with van der Waals surface area (Å²) in [6.07, 6.45) is 4.48. The van der Waals surface area contributed by atoms with E-state index >= 15 is 4.39 Å². The Morgan fingerprint density at radius 3 is 2.55 bits per heavy atom. The molecule has 16 heteroatoms. The third-order valence-electron chi connectivity index (χ3n) is 12.9. The van der Waals surface area contributed by atoms with E-state index in [0.717, 1.165) is 12.8 Å². The molecule has 1 saturated heterocycles. The summed E-state index contributed by atoms with van der Waals surface area (Å²) >= 11 is 0. The largest absolute Gasteiger partial charge is 0.497 e. The van der Waals surface area contributed by atoms with Gasteiger partial charge in [-0.3, -0.25) is 19.1 Å². The smallest absolute Gasteiger partial charge is 0.408 e. The number of aromatic nitrogens is 1. The van der Waals surface area contributed by atoms with Gasteiger partial charge in [-0.05, 0) is 82.9 Å². The lowest BCUT2D eigenvalue weighted by molar-refractivity contribution is -0.141. The van der Waals surface area contributed by atoms with Crippen LogP contribution in [0.3, 0.4) is 0 Å². The molecule has 2 aromatic rings. The normalized spacial score (nSPS) is 30.0. The standard InChI is InChI=1S/C42H56FN5O9S/c1-24-34-33(28-19-27(55-7)15-16-30(28)44-24)29(43)21-41(57-34)22-32-35(49)46-42(37(51)47-58(53,54)40(6)17-18-40)20-26(42)13-11-9-8-10-12-14-31(36(50)48(32)23-41)45-38(52)56-25(2)39(3,4)5/h11,13,15-16,19,25-26,29,31-32H,8-10,12,14,17-18,20-23H2,1-7H3,(H,45,52)(H,46,49)(H,47,51). The quantitative estimate of drug-likeness (QED) is 0.310. The monoisotopic (exact) mass is 825 g/mol. The highest BCUT2D eigenvalue weighted by molar-refractivity contribution is 7.91. The van der Waals surface area contributed by atoms with Crippen LogP contribution in [0.15, 0.2) is 30.4 Å². The van der Waals surface area contributed by atoms with Crippen molar-refractivity contribution in [3.63, 3.8) is 0 Å². The van der Waals surface area contributed by atoms with Gasteiger partial charge in [-0.15, -0.1) is 0 Å². The van der Waals surface area contributed by atoms with Crippen molar-refractivity contribution in [2.24, 2.45) is 11.3 Å². The number of methoxy groups -OCH3 is 1. The number of fused-ring (bicyclic) bond motifs is 5. The summed E-state index contributed by atoms with van der Waals surface area (Å²) in [7, 11) is -2.53. The van der Waals surface area contributed by atoms with Gasteiger partial charge in [-0.25, -0.2) is 22.6 Å². The van der Waals surface area contributed by atoms with Gasteiger partial charge in [0.05, 0.1) is 29.6 Å². The van der Waals surface area contributed by atoms with E-state index in [9.17, 15) is 27.6 Å². The molecule has 316 valence electrons. The topological polar surface area (TPSA) is 182 Å². The molecule has 3 N–H and O–H groups in total. The molecular formula is C42H56FN5O9S. The number of sulfonamides is 1. The average Bonchev–Trinajstić information content (AvgIpc) is 4.04. The van der Waals surface area contributed by atoms with E-state index in [1.54, 1.807) is 39.0 Å². The first kappa shape index (κ1) is 41.7. The van der Waals surface area contributed by atoms with Gasteiger partial charge in [0.1, 0.15) is 47.0 Å². The van der Waals surface area contributed by atoms with Gasteiger partial charge in [0, 0.05) is 29.7 Å². The number of ether oxygens (including phenoxy) is 3. The number of alkyl halides is 1. The van der Waals surface area contributed by atoms with E-state index < -0.39 is 80.0 Å². The molecule has 5 aliphatic rings. The lowest BCUT2D eigenvalue weighted by Crippen LogP contribution is -2.58. The maximum absolute atomic E-state index is 16.8. The highest BCUT2D eigenvalue weighted by Gasteiger charge is 2.64. The molecule has 3 fully saturated rings. The van der Waals surface area contributed by atoms with Crippen molar-refractivity contribution in [1.29, 1.82) is 0 Å². The number of pyridine rings is 1. The van der Waals surface area contributed by atoms with Gasteiger partial charge in [0.2, 0.25) is 21.8 Å². The van der Waals surface area contributed by atoms with E-state index in [0.29, 0.717) is 53.6 Å². The van der Waals surface area contributed by atoms with Crippen LogP contribution in [-0.4, -0.2) is 89.8 Å². The van der Waals surface area contributed by atoms with Crippen molar-refractivity contribution in [1.82, 2.24) is 25.2 Å². The summed E-state index contributed by atoms with van der Waals surface area (Å²) in [5.41, 5.74) is -2.08. The van der Waals surface area contributed by atoms with Crippen molar-refractivity contribution in [3.8, 4) is 11.5 Å². The number of allylic oxidation sites excluding steroid dienone is 1. The minimum absolute atomic E-state index is 0.146. The molecule has 1 aromatic carbocycles. The third kappa shape index (κ3) is 7.84. The van der Waals surface area contributed by atoms with Crippen molar-refractivity contribution in [2.75, 3.05) is 13.7 Å². The van der Waals surface area contributed by atoms with Gasteiger partial charge < -0.3 is 29.7 Å². The summed E-state index contributed by atoms with van der Waals surface area (Å²) < 4.78 is 62.3. The summed E-state index contributed by atoms with van der Waals surface area (Å²) in [6.45, 7) is 10.6. The molecule has 1 spiro atoms. The third-order valence-corrected chi connectivity index (χ3v) is 15.1. The first-order valence-electron chi connectivity index (χ1n) is 20.4. The molecule has 3 aliphatic heterocycles. The van der Waals surface area contributed by atoms with Crippen LogP contribution in [0.4, 0.5) is 9.18 Å². The second-order valence-electron chi connectivity index (χ2n) is 18.3. The second-order valence-corrected chi connectivity index (χ2v) is 20.5. The van der Waals surface area contributed by atoms with Gasteiger partial charge >= 0.3 is 6.09 Å². The zero-order chi connectivity index (χ0) is 42.0. The lowest BCUT2D eigenvalue weighted by atomic mass is 9.86. The Kier molecular flexibility index (Phi) is 10.8. The molecule has 0 radical (unpaired) electrons. The maximum atomic E-state index is 16.8. The summed E-state index contributed by atoms with van der Waals surface area (Å²) in [6, 6.07) is 2.82. The highest BCUT2D eigenvalue weighted by Crippen LogP contribution is 2.52. The molecule has 7 atom stereocenters. The number of hydrogen-bond donors (Lipinski definition) is 3. The number of carbonyl (C=O) groups excluding carboxylic acids is 4. The van der Waals surface area contributed by atoms with E-state index in [1.165, 1.54) is 12.0 Å². The number of hydrogen-bond acceptors (Lipinski definition) is 10. The van der Waals surface area contributed by atoms with Gasteiger partial charge in [0.25, 0.3) is 5.91 Å². The zero-order valence-electron chi connectivity index (χ0n) is 34.4. The van der Waals surface area contributed by atoms with Crippen LogP contribution in [0, 0.1) is 18.3 Å². The molecular weight excluding hydrogens is 770 g/mol. The fraction of sp³-hybridized carbons (Fsp3) is 0.643. The molecule has 14 nitrogen and oxygen atoms in total. The molecule has 2 aliphatic carbocycles. The first-order valence-corrected chi connectivity index (χ1v) is 21.8. The Balaban J connectivity index is 1.25. The fourth-order valence-electron chi connectivity index (χ4n) is 8.35. The maximum Gasteiger partial charge on any atom is 0.408 e. The van der Waals surface area contributed by atoms with Crippen molar-refractivity contribution < 1.29 is 46.2 Å². The van der Waals surface area contributed by atoms with Crippen molar-refractivity contribution in [3.05, 3.63) is 41.6 Å². The number of amides is 4. The Morgan fingerprint density at radius 1 is 1.12 bits per heavy atom. The highest BCUT2D eigenvalue weighted by atomic mass is 32.2. The molecule has 0 bridgehead atoms. The van der Waals surface area contributed by atoms with Crippen LogP contribution < -0.4 is 24.8 Å². The van der Waals surface area contributed by atoms with Gasteiger partial charge in [-0.1, -0.05) is 45.8 Å². The SMILES string of the molecule is COc1ccc2nc(C)c3c(c2c1)C(F)CC1(CC2C(=O)NC4(C(=O)NS(=O)(=O)C5(C)CC5)CC4C=CCCCCCC(NC(=O)OC(C)C(C)(C)C)C(=O)N2C1)O3. The van der Waals surface area contributed by atoms with Gasteiger partial charge in [0.15, 0.2) is 0 Å². The van der Waals surface area contributed by atoms with Crippen LogP contribution in [0.2, 0.25) is 0 Å². The first-order chi connectivity index (χ1) is 27.2. The number of nitrogens with one attached hydrogen (secondary N) is 3. The van der Waals surface area contributed by atoms with Crippen LogP contribution in [0.1, 0.15) is 116 Å². The van der Waals surface area contributed by atoms with E-state index in [2.05, 4.69) is 20.3 Å². The van der Waals surface area contributed by atoms with Crippen molar-refractivity contribution in [2.45, 2.75) is 146 Å².